The fourth-order valence-corrected chi connectivity index (χ4v) is 3.20. The fraction of sp³-hybridized carbons (Fsp3) is 0.200. The molecular formula is C20H19BrN2O4. The van der Waals surface area contributed by atoms with Gasteiger partial charge in [0.1, 0.15) is 17.2 Å². The van der Waals surface area contributed by atoms with Crippen LogP contribution in [-0.4, -0.2) is 49.9 Å². The number of hydrogen-bond donors (Lipinski definition) is 1. The lowest BCUT2D eigenvalue weighted by molar-refractivity contribution is -0.124. The second-order valence-corrected chi connectivity index (χ2v) is 7.08. The van der Waals surface area contributed by atoms with Crippen molar-refractivity contribution in [3.05, 3.63) is 46.6 Å². The van der Waals surface area contributed by atoms with Crippen LogP contribution in [0.2, 0.25) is 0 Å². The summed E-state index contributed by atoms with van der Waals surface area (Å²) in [6, 6.07) is 11.1. The van der Waals surface area contributed by atoms with E-state index in [1.807, 2.05) is 24.3 Å². The quantitative estimate of drug-likeness (QED) is 0.492. The van der Waals surface area contributed by atoms with Crippen LogP contribution in [0.25, 0.3) is 22.0 Å². The number of hydrogen-bond acceptors (Lipinski definition) is 4. The van der Waals surface area contributed by atoms with Gasteiger partial charge in [-0.3, -0.25) is 9.59 Å². The van der Waals surface area contributed by atoms with Crippen LogP contribution in [0.15, 0.2) is 40.9 Å². The van der Waals surface area contributed by atoms with E-state index in [0.717, 1.165) is 15.4 Å². The van der Waals surface area contributed by atoms with Crippen LogP contribution in [0.3, 0.4) is 0 Å². The smallest absolute Gasteiger partial charge is 0.296 e. The molecule has 0 aliphatic heterocycles. The third-order valence-electron chi connectivity index (χ3n) is 4.25. The monoisotopic (exact) mass is 430 g/mol. The number of ketones is 1. The Hall–Kier alpha value is -2.80. The molecule has 140 valence electrons. The molecule has 0 aliphatic carbocycles. The lowest BCUT2D eigenvalue weighted by atomic mass is 9.99. The molecule has 6 nitrogen and oxygen atoms in total. The maximum atomic E-state index is 12.9. The summed E-state index contributed by atoms with van der Waals surface area (Å²) < 4.78 is 11.8. The number of amides is 1. The molecule has 0 radical (unpaired) electrons. The first-order valence-electron chi connectivity index (χ1n) is 8.17. The molecule has 2 aromatic carbocycles. The first-order valence-corrected chi connectivity index (χ1v) is 8.96. The number of ether oxygens (including phenoxy) is 2. The third kappa shape index (κ3) is 3.42. The molecule has 0 fully saturated rings. The number of Topliss-reactive ketones (excluding diaryl/α,β-unsaturated/α-hetero) is 1. The Labute approximate surface area is 165 Å². The largest absolute Gasteiger partial charge is 0.497 e. The maximum absolute atomic E-state index is 12.9. The Kier molecular flexibility index (Phi) is 5.23. The summed E-state index contributed by atoms with van der Waals surface area (Å²) in [5.74, 6) is -0.0863. The Morgan fingerprint density at radius 1 is 1.04 bits per heavy atom. The standard InChI is InChI=1S/C20H19BrN2O4/c1-23(2)20(25)19(24)18-16(11-5-7-12(21)8-6-11)17-14(22-18)9-13(26-3)10-15(17)27-4/h5-10,22H,1-4H3. The van der Waals surface area contributed by atoms with Gasteiger partial charge in [-0.1, -0.05) is 28.1 Å². The predicted octanol–water partition coefficient (Wildman–Crippen LogP) is 3.89. The number of carbonyl (C=O) groups excluding carboxylic acids is 2. The molecule has 0 unspecified atom stereocenters. The van der Waals surface area contributed by atoms with Crippen LogP contribution >= 0.6 is 15.9 Å². The summed E-state index contributed by atoms with van der Waals surface area (Å²) in [7, 11) is 6.21. The summed E-state index contributed by atoms with van der Waals surface area (Å²) in [5.41, 5.74) is 2.29. The Morgan fingerprint density at radius 3 is 2.26 bits per heavy atom. The zero-order valence-electron chi connectivity index (χ0n) is 15.4. The Morgan fingerprint density at radius 2 is 1.70 bits per heavy atom. The first kappa shape index (κ1) is 19.0. The summed E-state index contributed by atoms with van der Waals surface area (Å²) in [5, 5.41) is 0.718. The van der Waals surface area contributed by atoms with Crippen molar-refractivity contribution < 1.29 is 19.1 Å². The molecule has 3 rings (SSSR count). The van der Waals surface area contributed by atoms with Gasteiger partial charge in [-0.2, -0.15) is 0 Å². The van der Waals surface area contributed by atoms with Gasteiger partial charge in [-0.05, 0) is 17.7 Å². The molecule has 0 aliphatic rings. The van der Waals surface area contributed by atoms with Gasteiger partial charge in [-0.15, -0.1) is 0 Å². The molecule has 3 aromatic rings. The number of fused-ring (bicyclic) bond motifs is 1. The average Bonchev–Trinajstić information content (AvgIpc) is 3.05. The molecule has 0 saturated heterocycles. The van der Waals surface area contributed by atoms with Crippen molar-refractivity contribution in [2.24, 2.45) is 0 Å². The number of likely N-dealkylation sites (N-methyl/N-ethyl adjacent to an activating group) is 1. The number of nitrogens with zero attached hydrogens (tertiary/aromatic N) is 1. The minimum absolute atomic E-state index is 0.220. The minimum Gasteiger partial charge on any atom is -0.497 e. The van der Waals surface area contributed by atoms with Crippen LogP contribution < -0.4 is 9.47 Å². The SMILES string of the molecule is COc1cc(OC)c2c(-c3ccc(Br)cc3)c(C(=O)C(=O)N(C)C)[nH]c2c1. The first-order chi connectivity index (χ1) is 12.9. The van der Waals surface area contributed by atoms with E-state index < -0.39 is 11.7 Å². The summed E-state index contributed by atoms with van der Waals surface area (Å²) >= 11 is 3.42. The second-order valence-electron chi connectivity index (χ2n) is 6.16. The van der Waals surface area contributed by atoms with Gasteiger partial charge in [0.2, 0.25) is 0 Å². The molecular weight excluding hydrogens is 412 g/mol. The van der Waals surface area contributed by atoms with Crippen molar-refractivity contribution in [3.8, 4) is 22.6 Å². The van der Waals surface area contributed by atoms with Gasteiger partial charge in [0.05, 0.1) is 25.1 Å². The second kappa shape index (κ2) is 7.44. The van der Waals surface area contributed by atoms with E-state index in [4.69, 9.17) is 9.47 Å². The van der Waals surface area contributed by atoms with Crippen molar-refractivity contribution in [2.75, 3.05) is 28.3 Å². The molecule has 1 aromatic heterocycles. The molecule has 0 bridgehead atoms. The number of nitrogens with one attached hydrogen (secondary N) is 1. The molecule has 27 heavy (non-hydrogen) atoms. The van der Waals surface area contributed by atoms with Crippen molar-refractivity contribution in [1.29, 1.82) is 0 Å². The van der Waals surface area contributed by atoms with Gasteiger partial charge in [0.25, 0.3) is 11.7 Å². The van der Waals surface area contributed by atoms with Gasteiger partial charge in [0, 0.05) is 36.3 Å². The Bertz CT molecular complexity index is 1020. The van der Waals surface area contributed by atoms with Crippen molar-refractivity contribution in [2.45, 2.75) is 0 Å². The van der Waals surface area contributed by atoms with Crippen molar-refractivity contribution >= 4 is 38.5 Å². The van der Waals surface area contributed by atoms with E-state index in [1.54, 1.807) is 40.4 Å². The van der Waals surface area contributed by atoms with Crippen LogP contribution in [0, 0.1) is 0 Å². The van der Waals surface area contributed by atoms with E-state index in [2.05, 4.69) is 20.9 Å². The number of aromatic amines is 1. The number of aromatic nitrogens is 1. The number of carbonyl (C=O) groups is 2. The number of methoxy groups -OCH3 is 2. The lowest BCUT2D eigenvalue weighted by Crippen LogP contribution is -2.30. The van der Waals surface area contributed by atoms with E-state index in [0.29, 0.717) is 22.6 Å². The average molecular weight is 431 g/mol. The fourth-order valence-electron chi connectivity index (χ4n) is 2.93. The van der Waals surface area contributed by atoms with Crippen molar-refractivity contribution in [1.82, 2.24) is 9.88 Å². The van der Waals surface area contributed by atoms with E-state index in [-0.39, 0.29) is 5.69 Å². The Balaban J connectivity index is 2.36. The predicted molar refractivity (Wildman–Crippen MR) is 108 cm³/mol. The molecule has 0 spiro atoms. The zero-order valence-corrected chi connectivity index (χ0v) is 17.0. The molecule has 1 heterocycles. The highest BCUT2D eigenvalue weighted by Crippen LogP contribution is 2.41. The van der Waals surface area contributed by atoms with Crippen LogP contribution in [0.5, 0.6) is 11.5 Å². The van der Waals surface area contributed by atoms with Crippen LogP contribution in [0.4, 0.5) is 0 Å². The van der Waals surface area contributed by atoms with Gasteiger partial charge in [0.15, 0.2) is 0 Å². The highest BCUT2D eigenvalue weighted by molar-refractivity contribution is 9.10. The molecule has 1 amide bonds. The number of H-pyrrole nitrogens is 1. The van der Waals surface area contributed by atoms with Crippen molar-refractivity contribution in [3.63, 3.8) is 0 Å². The van der Waals surface area contributed by atoms with E-state index >= 15 is 0 Å². The zero-order chi connectivity index (χ0) is 19.7. The number of halogens is 1. The molecule has 7 heteroatoms. The summed E-state index contributed by atoms with van der Waals surface area (Å²) in [4.78, 5) is 29.5. The lowest BCUT2D eigenvalue weighted by Gasteiger charge is -2.11. The van der Waals surface area contributed by atoms with Gasteiger partial charge < -0.3 is 19.4 Å². The highest BCUT2D eigenvalue weighted by Gasteiger charge is 2.27. The topological polar surface area (TPSA) is 71.6 Å². The number of rotatable bonds is 5. The minimum atomic E-state index is -0.616. The number of benzene rings is 2. The molecule has 0 atom stereocenters. The highest BCUT2D eigenvalue weighted by atomic mass is 79.9. The maximum Gasteiger partial charge on any atom is 0.296 e. The van der Waals surface area contributed by atoms with E-state index in [1.165, 1.54) is 4.90 Å². The summed E-state index contributed by atoms with van der Waals surface area (Å²) in [6.45, 7) is 0. The van der Waals surface area contributed by atoms with Gasteiger partial charge in [-0.25, -0.2) is 0 Å². The van der Waals surface area contributed by atoms with E-state index in [9.17, 15) is 9.59 Å². The molecule has 1 N–H and O–H groups in total. The van der Waals surface area contributed by atoms with Crippen LogP contribution in [0.1, 0.15) is 10.5 Å². The normalized spacial score (nSPS) is 10.7. The van der Waals surface area contributed by atoms with Crippen LogP contribution in [-0.2, 0) is 4.79 Å². The third-order valence-corrected chi connectivity index (χ3v) is 4.78. The molecule has 0 saturated carbocycles. The van der Waals surface area contributed by atoms with Gasteiger partial charge >= 0.3 is 0 Å². The summed E-state index contributed by atoms with van der Waals surface area (Å²) in [6.07, 6.45) is 0.